The van der Waals surface area contributed by atoms with Crippen molar-refractivity contribution in [1.29, 1.82) is 5.26 Å². The van der Waals surface area contributed by atoms with Gasteiger partial charge in [0.05, 0.1) is 0 Å². The quantitative estimate of drug-likeness (QED) is 0.540. The van der Waals surface area contributed by atoms with Gasteiger partial charge in [-0.25, -0.2) is 13.2 Å². The van der Waals surface area contributed by atoms with Crippen LogP contribution in [0.25, 0.3) is 0 Å². The summed E-state index contributed by atoms with van der Waals surface area (Å²) in [6, 6.07) is 0.934. The van der Waals surface area contributed by atoms with Crippen molar-refractivity contribution >= 4 is 0 Å². The van der Waals surface area contributed by atoms with Crippen LogP contribution in [0, 0.1) is 11.3 Å². The monoisotopic (exact) mass is 123 g/mol. The lowest BCUT2D eigenvalue weighted by molar-refractivity contribution is 0.173. The van der Waals surface area contributed by atoms with Crippen LogP contribution in [0.3, 0.4) is 0 Å². The molecule has 0 saturated heterocycles. The normalized spacial score (nSPS) is 16.8. The molecule has 0 bridgehead atoms. The molecule has 0 aliphatic rings. The molecule has 0 aromatic carbocycles. The number of hydrogen-bond donors (Lipinski definition) is 0. The summed E-state index contributed by atoms with van der Waals surface area (Å²) in [7, 11) is 0. The van der Waals surface area contributed by atoms with E-state index in [1.54, 1.807) is 0 Å². The fraction of sp³-hybridized carbons (Fsp3) is 0.750. The van der Waals surface area contributed by atoms with Crippen LogP contribution in [0.15, 0.2) is 0 Å². The first-order valence-electron chi connectivity index (χ1n) is 1.96. The van der Waals surface area contributed by atoms with E-state index in [9.17, 15) is 13.2 Å². The van der Waals surface area contributed by atoms with Crippen molar-refractivity contribution in [3.8, 4) is 6.07 Å². The molecule has 4 heteroatoms. The highest BCUT2D eigenvalue weighted by atomic mass is 19.2. The average Bonchev–Trinajstić information content (AvgIpc) is 1.84. The molecular formula is C4H4F3N. The number of rotatable bonds is 2. The van der Waals surface area contributed by atoms with Gasteiger partial charge in [-0.1, -0.05) is 0 Å². The molecule has 2 unspecified atom stereocenters. The predicted octanol–water partition coefficient (Wildman–Crippen LogP) is 1.16. The maximum atomic E-state index is 11.6. The minimum absolute atomic E-state index is 0.934. The third kappa shape index (κ3) is 1.82. The van der Waals surface area contributed by atoms with Gasteiger partial charge in [0.15, 0.2) is 6.17 Å². The first-order valence-corrected chi connectivity index (χ1v) is 1.96. The number of nitrogens with zero attached hydrogens (tertiary/aromatic N) is 1. The minimum Gasteiger partial charge on any atom is -0.248 e. The summed E-state index contributed by atoms with van der Waals surface area (Å²) in [6.45, 7) is -1.44. The van der Waals surface area contributed by atoms with Gasteiger partial charge in [0.2, 0.25) is 6.17 Å². The molecule has 0 aromatic rings. The Labute approximate surface area is 44.7 Å². The lowest BCUT2D eigenvalue weighted by atomic mass is 10.3. The van der Waals surface area contributed by atoms with Crippen molar-refractivity contribution in [2.24, 2.45) is 0 Å². The van der Waals surface area contributed by atoms with Crippen molar-refractivity contribution in [2.75, 3.05) is 6.67 Å². The number of hydrogen-bond acceptors (Lipinski definition) is 1. The summed E-state index contributed by atoms with van der Waals surface area (Å²) in [4.78, 5) is 0. The smallest absolute Gasteiger partial charge is 0.219 e. The highest BCUT2D eigenvalue weighted by molar-refractivity contribution is 4.88. The zero-order valence-electron chi connectivity index (χ0n) is 3.94. The molecule has 0 amide bonds. The molecule has 0 heterocycles. The van der Waals surface area contributed by atoms with Crippen molar-refractivity contribution in [3.05, 3.63) is 0 Å². The van der Waals surface area contributed by atoms with Crippen LogP contribution in [0.4, 0.5) is 13.2 Å². The van der Waals surface area contributed by atoms with E-state index in [-0.39, 0.29) is 0 Å². The molecule has 0 aromatic heterocycles. The van der Waals surface area contributed by atoms with Gasteiger partial charge in [-0.2, -0.15) is 5.26 Å². The van der Waals surface area contributed by atoms with Crippen LogP contribution >= 0.6 is 0 Å². The summed E-state index contributed by atoms with van der Waals surface area (Å²) in [5.74, 6) is 0. The van der Waals surface area contributed by atoms with Gasteiger partial charge in [-0.05, 0) is 0 Å². The largest absolute Gasteiger partial charge is 0.248 e. The molecule has 0 spiro atoms. The van der Waals surface area contributed by atoms with E-state index in [1.807, 2.05) is 0 Å². The lowest BCUT2D eigenvalue weighted by Crippen LogP contribution is -2.16. The summed E-state index contributed by atoms with van der Waals surface area (Å²) in [5, 5.41) is 7.60. The van der Waals surface area contributed by atoms with E-state index in [0.717, 1.165) is 6.07 Å². The van der Waals surface area contributed by atoms with Crippen LogP contribution in [0.1, 0.15) is 0 Å². The zero-order chi connectivity index (χ0) is 6.57. The highest BCUT2D eigenvalue weighted by Gasteiger charge is 2.18. The molecule has 1 nitrogen and oxygen atoms in total. The van der Waals surface area contributed by atoms with Crippen LogP contribution in [0.2, 0.25) is 0 Å². The average molecular weight is 123 g/mol. The Morgan fingerprint density at radius 1 is 1.50 bits per heavy atom. The maximum Gasteiger partial charge on any atom is 0.219 e. The van der Waals surface area contributed by atoms with Crippen molar-refractivity contribution in [2.45, 2.75) is 12.3 Å². The summed E-state index contributed by atoms with van der Waals surface area (Å²) in [6.07, 6.45) is -4.60. The lowest BCUT2D eigenvalue weighted by Gasteiger charge is -1.97. The van der Waals surface area contributed by atoms with E-state index in [4.69, 9.17) is 5.26 Å². The highest BCUT2D eigenvalue weighted by Crippen LogP contribution is 2.01. The third-order valence-electron chi connectivity index (χ3n) is 0.588. The molecule has 0 rings (SSSR count). The van der Waals surface area contributed by atoms with Crippen LogP contribution in [-0.4, -0.2) is 19.0 Å². The van der Waals surface area contributed by atoms with Crippen LogP contribution in [0.5, 0.6) is 0 Å². The van der Waals surface area contributed by atoms with E-state index >= 15 is 0 Å². The number of alkyl halides is 3. The van der Waals surface area contributed by atoms with E-state index in [2.05, 4.69) is 0 Å². The fourth-order valence-electron chi connectivity index (χ4n) is 0.159. The molecule has 2 atom stereocenters. The predicted molar refractivity (Wildman–Crippen MR) is 21.4 cm³/mol. The SMILES string of the molecule is N#CC(F)C(F)CF. The van der Waals surface area contributed by atoms with Gasteiger partial charge in [0, 0.05) is 0 Å². The first-order chi connectivity index (χ1) is 3.72. The standard InChI is InChI=1S/C4H4F3N/c5-1-3(6)4(7)2-8/h3-4H,1H2. The maximum absolute atomic E-state index is 11.6. The Hall–Kier alpha value is -0.720. The van der Waals surface area contributed by atoms with E-state index in [1.165, 1.54) is 0 Å². The Bertz CT molecular complexity index is 97.9. The van der Waals surface area contributed by atoms with E-state index in [0.29, 0.717) is 0 Å². The van der Waals surface area contributed by atoms with Crippen molar-refractivity contribution in [1.82, 2.24) is 0 Å². The van der Waals surface area contributed by atoms with Gasteiger partial charge < -0.3 is 0 Å². The molecule has 0 fully saturated rings. The third-order valence-corrected chi connectivity index (χ3v) is 0.588. The van der Waals surface area contributed by atoms with Crippen LogP contribution in [-0.2, 0) is 0 Å². The summed E-state index contributed by atoms with van der Waals surface area (Å²) in [5.41, 5.74) is 0. The van der Waals surface area contributed by atoms with Crippen molar-refractivity contribution < 1.29 is 13.2 Å². The fourth-order valence-corrected chi connectivity index (χ4v) is 0.159. The number of nitriles is 1. The Morgan fingerprint density at radius 3 is 2.12 bits per heavy atom. The Morgan fingerprint density at radius 2 is 2.00 bits per heavy atom. The molecule has 0 N–H and O–H groups in total. The second kappa shape index (κ2) is 3.30. The minimum atomic E-state index is -2.32. The summed E-state index contributed by atoms with van der Waals surface area (Å²) >= 11 is 0. The summed E-state index contributed by atoms with van der Waals surface area (Å²) < 4.78 is 34.2. The van der Waals surface area contributed by atoms with Gasteiger partial charge in [0.25, 0.3) is 0 Å². The molecular weight excluding hydrogens is 119 g/mol. The second-order valence-electron chi connectivity index (χ2n) is 1.20. The molecule has 8 heavy (non-hydrogen) atoms. The van der Waals surface area contributed by atoms with Gasteiger partial charge in [-0.15, -0.1) is 0 Å². The Balaban J connectivity index is 3.49. The molecule has 0 aliphatic carbocycles. The second-order valence-corrected chi connectivity index (χ2v) is 1.20. The molecule has 0 aliphatic heterocycles. The molecule has 46 valence electrons. The van der Waals surface area contributed by atoms with Gasteiger partial charge in [-0.3, -0.25) is 0 Å². The van der Waals surface area contributed by atoms with Crippen LogP contribution < -0.4 is 0 Å². The molecule has 0 radical (unpaired) electrons. The van der Waals surface area contributed by atoms with E-state index < -0.39 is 19.0 Å². The molecule has 0 saturated carbocycles. The first kappa shape index (κ1) is 7.28. The van der Waals surface area contributed by atoms with Crippen molar-refractivity contribution in [3.63, 3.8) is 0 Å². The van der Waals surface area contributed by atoms with Gasteiger partial charge in [0.1, 0.15) is 12.7 Å². The Kier molecular flexibility index (Phi) is 3.01. The number of halogens is 3. The topological polar surface area (TPSA) is 23.8 Å². The van der Waals surface area contributed by atoms with Gasteiger partial charge >= 0.3 is 0 Å². The zero-order valence-corrected chi connectivity index (χ0v) is 3.94.